The molecule has 0 atom stereocenters. The fourth-order valence-corrected chi connectivity index (χ4v) is 1.93. The minimum Gasteiger partial charge on any atom is -0.507 e. The molecule has 0 amide bonds. The lowest BCUT2D eigenvalue weighted by Gasteiger charge is -2.00. The van der Waals surface area contributed by atoms with Gasteiger partial charge in [-0.05, 0) is 18.2 Å². The van der Waals surface area contributed by atoms with E-state index < -0.39 is 0 Å². The predicted octanol–water partition coefficient (Wildman–Crippen LogP) is 2.42. The second kappa shape index (κ2) is 3.17. The molecule has 2 aromatic heterocycles. The first kappa shape index (κ1) is 9.09. The van der Waals surface area contributed by atoms with E-state index in [1.807, 2.05) is 28.8 Å². The van der Waals surface area contributed by atoms with Crippen molar-refractivity contribution >= 4 is 16.4 Å². The number of aromatic nitrogens is 1. The summed E-state index contributed by atoms with van der Waals surface area (Å²) in [5.41, 5.74) is 1.66. The molecule has 0 radical (unpaired) electrons. The topological polar surface area (TPSA) is 24.3 Å². The number of aromatic hydroxyl groups is 1. The molecular weight excluding hydrogens is 205 g/mol. The molecule has 78 valence electrons. The van der Waals surface area contributed by atoms with Gasteiger partial charge in [0.25, 0.3) is 0 Å². The van der Waals surface area contributed by atoms with Crippen LogP contribution >= 0.6 is 0 Å². The molecule has 2 heterocycles. The third kappa shape index (κ3) is 1.21. The molecule has 0 aliphatic heterocycles. The molecule has 0 aliphatic carbocycles. The highest BCUT2D eigenvalue weighted by atomic mass is 19.1. The number of fused-ring (bicyclic) bond motifs is 3. The Hall–Kier alpha value is -2.16. The summed E-state index contributed by atoms with van der Waals surface area (Å²) in [7, 11) is 0. The van der Waals surface area contributed by atoms with Crippen molar-refractivity contribution in [3.63, 3.8) is 0 Å². The Labute approximate surface area is 91.2 Å². The van der Waals surface area contributed by atoms with Gasteiger partial charge in [-0.15, -0.1) is 0 Å². The highest BCUT2D eigenvalue weighted by Gasteiger charge is 2.12. The normalized spacial score (nSPS) is 11.1. The molecule has 0 bridgehead atoms. The molecule has 3 heteroatoms. The van der Waals surface area contributed by atoms with Gasteiger partial charge in [0, 0.05) is 18.2 Å². The molecule has 0 spiro atoms. The van der Waals surface area contributed by atoms with Gasteiger partial charge in [-0.1, -0.05) is 0 Å². The van der Waals surface area contributed by atoms with Crippen molar-refractivity contribution in [1.29, 1.82) is 0 Å². The third-order valence-electron chi connectivity index (χ3n) is 2.67. The number of halogens is 1. The first-order valence-corrected chi connectivity index (χ1v) is 4.97. The van der Waals surface area contributed by atoms with Crippen LogP contribution in [-0.4, -0.2) is 5.11 Å². The highest BCUT2D eigenvalue weighted by molar-refractivity contribution is 5.84. The van der Waals surface area contributed by atoms with Crippen molar-refractivity contribution in [2.45, 2.75) is 0 Å². The molecule has 16 heavy (non-hydrogen) atoms. The number of benzene rings is 1. The molecule has 0 aliphatic rings. The molecule has 3 rings (SSSR count). The number of pyridine rings is 2. The maximum Gasteiger partial charge on any atom is 0.222 e. The average Bonchev–Trinajstić information content (AvgIpc) is 2.29. The van der Waals surface area contributed by atoms with E-state index in [2.05, 4.69) is 0 Å². The summed E-state index contributed by atoms with van der Waals surface area (Å²) in [4.78, 5) is 0. The van der Waals surface area contributed by atoms with Crippen LogP contribution in [0.5, 0.6) is 5.75 Å². The van der Waals surface area contributed by atoms with Crippen molar-refractivity contribution in [2.24, 2.45) is 0 Å². The van der Waals surface area contributed by atoms with E-state index in [4.69, 9.17) is 0 Å². The SMILES string of the molecule is Oc1cc2cccc[n+]2c2ccc(F)cc12. The molecule has 3 aromatic rings. The van der Waals surface area contributed by atoms with Gasteiger partial charge in [0.1, 0.15) is 11.6 Å². The molecule has 1 N–H and O–H groups in total. The maximum atomic E-state index is 13.1. The van der Waals surface area contributed by atoms with Gasteiger partial charge in [0.15, 0.2) is 6.20 Å². The zero-order valence-electron chi connectivity index (χ0n) is 8.39. The van der Waals surface area contributed by atoms with Crippen LogP contribution in [0.3, 0.4) is 0 Å². The zero-order valence-corrected chi connectivity index (χ0v) is 8.39. The first-order chi connectivity index (χ1) is 7.75. The fourth-order valence-electron chi connectivity index (χ4n) is 1.93. The van der Waals surface area contributed by atoms with Gasteiger partial charge in [-0.25, -0.2) is 4.39 Å². The van der Waals surface area contributed by atoms with Gasteiger partial charge >= 0.3 is 0 Å². The first-order valence-electron chi connectivity index (χ1n) is 4.97. The van der Waals surface area contributed by atoms with E-state index in [0.717, 1.165) is 11.0 Å². The van der Waals surface area contributed by atoms with Crippen LogP contribution in [0.1, 0.15) is 0 Å². The summed E-state index contributed by atoms with van der Waals surface area (Å²) in [5.74, 6) is -0.251. The summed E-state index contributed by atoms with van der Waals surface area (Å²) in [6, 6.07) is 11.7. The number of nitrogens with zero attached hydrogens (tertiary/aromatic N) is 1. The molecule has 2 nitrogen and oxygen atoms in total. The van der Waals surface area contributed by atoms with Gasteiger partial charge in [-0.2, -0.15) is 4.40 Å². The molecule has 0 saturated heterocycles. The standard InChI is InChI=1S/C13H8FNO/c14-9-4-5-12-11(7-9)13(16)8-10-3-1-2-6-15(10)12/h1-8H/p+1. The summed E-state index contributed by atoms with van der Waals surface area (Å²) >= 11 is 0. The minimum absolute atomic E-state index is 0.0979. The van der Waals surface area contributed by atoms with Crippen molar-refractivity contribution in [3.8, 4) is 5.75 Å². The van der Waals surface area contributed by atoms with E-state index in [-0.39, 0.29) is 11.6 Å². The Morgan fingerprint density at radius 1 is 1.06 bits per heavy atom. The summed E-state index contributed by atoms with van der Waals surface area (Å²) in [6.07, 6.45) is 1.88. The molecule has 0 fully saturated rings. The highest BCUT2D eigenvalue weighted by Crippen LogP contribution is 2.23. The van der Waals surface area contributed by atoms with Crippen LogP contribution in [0.15, 0.2) is 48.7 Å². The largest absolute Gasteiger partial charge is 0.507 e. The fraction of sp³-hybridized carbons (Fsp3) is 0. The summed E-state index contributed by atoms with van der Waals surface area (Å²) in [6.45, 7) is 0. The second-order valence-electron chi connectivity index (χ2n) is 3.69. The quantitative estimate of drug-likeness (QED) is 0.451. The second-order valence-corrected chi connectivity index (χ2v) is 3.69. The Balaban J connectivity index is 2.59. The van der Waals surface area contributed by atoms with Gasteiger partial charge in [0.05, 0.1) is 11.5 Å². The van der Waals surface area contributed by atoms with Crippen molar-refractivity contribution in [1.82, 2.24) is 0 Å². The molecule has 0 unspecified atom stereocenters. The van der Waals surface area contributed by atoms with Crippen LogP contribution in [0.4, 0.5) is 4.39 Å². The number of hydrogen-bond acceptors (Lipinski definition) is 1. The van der Waals surface area contributed by atoms with Crippen LogP contribution < -0.4 is 4.40 Å². The van der Waals surface area contributed by atoms with E-state index in [1.165, 1.54) is 12.1 Å². The Morgan fingerprint density at radius 2 is 1.94 bits per heavy atom. The van der Waals surface area contributed by atoms with Gasteiger partial charge < -0.3 is 5.11 Å². The predicted molar refractivity (Wildman–Crippen MR) is 58.7 cm³/mol. The molecule has 1 aromatic carbocycles. The van der Waals surface area contributed by atoms with E-state index >= 15 is 0 Å². The van der Waals surface area contributed by atoms with Crippen LogP contribution in [0.25, 0.3) is 16.4 Å². The van der Waals surface area contributed by atoms with Gasteiger partial charge in [-0.3, -0.25) is 0 Å². The Bertz CT molecular complexity index is 694. The van der Waals surface area contributed by atoms with Crippen molar-refractivity contribution in [2.75, 3.05) is 0 Å². The lowest BCUT2D eigenvalue weighted by Crippen LogP contribution is -2.21. The third-order valence-corrected chi connectivity index (χ3v) is 2.67. The number of hydrogen-bond donors (Lipinski definition) is 1. The van der Waals surface area contributed by atoms with E-state index in [0.29, 0.717) is 5.39 Å². The summed E-state index contributed by atoms with van der Waals surface area (Å²) in [5, 5.41) is 10.3. The monoisotopic (exact) mass is 214 g/mol. The van der Waals surface area contributed by atoms with Crippen molar-refractivity contribution in [3.05, 3.63) is 54.5 Å². The zero-order chi connectivity index (χ0) is 11.1. The summed E-state index contributed by atoms with van der Waals surface area (Å²) < 4.78 is 15.0. The van der Waals surface area contributed by atoms with E-state index in [9.17, 15) is 9.50 Å². The lowest BCUT2D eigenvalue weighted by atomic mass is 10.1. The van der Waals surface area contributed by atoms with Crippen LogP contribution in [0.2, 0.25) is 0 Å². The average molecular weight is 214 g/mol. The van der Waals surface area contributed by atoms with Crippen molar-refractivity contribution < 1.29 is 13.9 Å². The number of rotatable bonds is 0. The van der Waals surface area contributed by atoms with E-state index in [1.54, 1.807) is 12.1 Å². The Morgan fingerprint density at radius 3 is 2.81 bits per heavy atom. The molecule has 0 saturated carbocycles. The minimum atomic E-state index is -0.348. The smallest absolute Gasteiger partial charge is 0.222 e. The molecular formula is C13H9FNO+. The maximum absolute atomic E-state index is 13.1. The van der Waals surface area contributed by atoms with Gasteiger partial charge in [0.2, 0.25) is 11.0 Å². The lowest BCUT2D eigenvalue weighted by molar-refractivity contribution is -0.481. The Kier molecular flexibility index (Phi) is 1.80. The van der Waals surface area contributed by atoms with Crippen LogP contribution in [-0.2, 0) is 0 Å². The van der Waals surface area contributed by atoms with Crippen LogP contribution in [0, 0.1) is 5.82 Å².